The Labute approximate surface area is 178 Å². The third-order valence-electron chi connectivity index (χ3n) is 5.25. The molecule has 0 aromatic carbocycles. The predicted octanol–water partition coefficient (Wildman–Crippen LogP) is 6.57. The summed E-state index contributed by atoms with van der Waals surface area (Å²) in [5.41, 5.74) is 0. The lowest BCUT2D eigenvalue weighted by atomic mass is 10.0. The van der Waals surface area contributed by atoms with Crippen LogP contribution in [0.15, 0.2) is 0 Å². The molecule has 1 atom stereocenters. The van der Waals surface area contributed by atoms with Crippen LogP contribution in [0.5, 0.6) is 0 Å². The number of aliphatic carboxylic acids is 1. The topological polar surface area (TPSA) is 66.4 Å². The van der Waals surface area contributed by atoms with Crippen molar-refractivity contribution >= 4 is 23.6 Å². The third kappa shape index (κ3) is 18.6. The van der Waals surface area contributed by atoms with Crippen LogP contribution >= 0.6 is 11.8 Å². The van der Waals surface area contributed by atoms with E-state index in [0.717, 1.165) is 18.6 Å². The molecule has 0 saturated heterocycles. The van der Waals surface area contributed by atoms with E-state index in [1.165, 1.54) is 83.5 Å². The molecule has 0 saturated carbocycles. The van der Waals surface area contributed by atoms with Gasteiger partial charge >= 0.3 is 5.97 Å². The minimum Gasteiger partial charge on any atom is -0.480 e. The van der Waals surface area contributed by atoms with Gasteiger partial charge in [-0.3, -0.25) is 4.79 Å². The van der Waals surface area contributed by atoms with Gasteiger partial charge in [0.2, 0.25) is 5.91 Å². The smallest absolute Gasteiger partial charge is 0.326 e. The summed E-state index contributed by atoms with van der Waals surface area (Å²) in [4.78, 5) is 23.0. The van der Waals surface area contributed by atoms with E-state index in [9.17, 15) is 9.59 Å². The second kappa shape index (κ2) is 21.0. The van der Waals surface area contributed by atoms with E-state index < -0.39 is 12.0 Å². The van der Waals surface area contributed by atoms with Crippen molar-refractivity contribution in [3.05, 3.63) is 0 Å². The van der Waals surface area contributed by atoms with Crippen LogP contribution in [0.4, 0.5) is 0 Å². The zero-order chi connectivity index (χ0) is 20.9. The lowest BCUT2D eigenvalue weighted by Crippen LogP contribution is -2.41. The maximum absolute atomic E-state index is 11.9. The summed E-state index contributed by atoms with van der Waals surface area (Å²) in [7, 11) is 0. The van der Waals surface area contributed by atoms with Gasteiger partial charge in [0, 0.05) is 6.42 Å². The molecular weight excluding hydrogens is 370 g/mol. The molecule has 0 spiro atoms. The van der Waals surface area contributed by atoms with Gasteiger partial charge in [-0.25, -0.2) is 4.79 Å². The number of carbonyl (C=O) groups is 2. The number of nitrogens with one attached hydrogen (secondary N) is 1. The van der Waals surface area contributed by atoms with E-state index in [2.05, 4.69) is 12.2 Å². The molecule has 28 heavy (non-hydrogen) atoms. The summed E-state index contributed by atoms with van der Waals surface area (Å²) in [6, 6.07) is -0.740. The SMILES string of the molecule is CCCCCCCCCCCCCCCCCC(=O)NC(CCSC)C(=O)O. The average Bonchev–Trinajstić information content (AvgIpc) is 2.67. The largest absolute Gasteiger partial charge is 0.480 e. The quantitative estimate of drug-likeness (QED) is 0.208. The van der Waals surface area contributed by atoms with Gasteiger partial charge in [-0.1, -0.05) is 96.8 Å². The molecule has 0 bridgehead atoms. The molecule has 0 aliphatic carbocycles. The highest BCUT2D eigenvalue weighted by atomic mass is 32.2. The van der Waals surface area contributed by atoms with Gasteiger partial charge in [-0.2, -0.15) is 11.8 Å². The van der Waals surface area contributed by atoms with Gasteiger partial charge in [0.05, 0.1) is 0 Å². The molecule has 0 aromatic heterocycles. The van der Waals surface area contributed by atoms with Crippen LogP contribution in [0.25, 0.3) is 0 Å². The minimum absolute atomic E-state index is 0.122. The molecule has 0 fully saturated rings. The first-order valence-electron chi connectivity index (χ1n) is 11.6. The average molecular weight is 416 g/mol. The fraction of sp³-hybridized carbons (Fsp3) is 0.913. The molecule has 0 aliphatic heterocycles. The molecule has 2 N–H and O–H groups in total. The molecule has 5 heteroatoms. The van der Waals surface area contributed by atoms with Crippen LogP contribution in [0.2, 0.25) is 0 Å². The van der Waals surface area contributed by atoms with Gasteiger partial charge in [0.15, 0.2) is 0 Å². The van der Waals surface area contributed by atoms with Crippen LogP contribution < -0.4 is 5.32 Å². The van der Waals surface area contributed by atoms with Crippen LogP contribution in [0, 0.1) is 0 Å². The number of thioether (sulfide) groups is 1. The van der Waals surface area contributed by atoms with E-state index in [1.54, 1.807) is 11.8 Å². The summed E-state index contributed by atoms with van der Waals surface area (Å²) in [6.07, 6.45) is 22.4. The normalized spacial score (nSPS) is 12.1. The molecule has 0 aromatic rings. The summed E-state index contributed by atoms with van der Waals surface area (Å²) < 4.78 is 0. The Kier molecular flexibility index (Phi) is 20.5. The van der Waals surface area contributed by atoms with Crippen LogP contribution in [-0.4, -0.2) is 35.0 Å². The first kappa shape index (κ1) is 27.3. The summed E-state index contributed by atoms with van der Waals surface area (Å²) in [5.74, 6) is -0.307. The fourth-order valence-corrected chi connectivity index (χ4v) is 3.89. The number of rotatable bonds is 21. The number of amides is 1. The zero-order valence-corrected chi connectivity index (χ0v) is 19.3. The molecule has 0 radical (unpaired) electrons. The van der Waals surface area contributed by atoms with E-state index in [-0.39, 0.29) is 5.91 Å². The zero-order valence-electron chi connectivity index (χ0n) is 18.5. The molecule has 1 amide bonds. The van der Waals surface area contributed by atoms with Gasteiger partial charge in [0.25, 0.3) is 0 Å². The number of carbonyl (C=O) groups excluding carboxylic acids is 1. The lowest BCUT2D eigenvalue weighted by molar-refractivity contribution is -0.141. The maximum atomic E-state index is 11.9. The Bertz CT molecular complexity index is 377. The Morgan fingerprint density at radius 3 is 1.61 bits per heavy atom. The Morgan fingerprint density at radius 2 is 1.21 bits per heavy atom. The van der Waals surface area contributed by atoms with Crippen molar-refractivity contribution in [3.8, 4) is 0 Å². The van der Waals surface area contributed by atoms with Crippen molar-refractivity contribution in [3.63, 3.8) is 0 Å². The third-order valence-corrected chi connectivity index (χ3v) is 5.90. The molecule has 4 nitrogen and oxygen atoms in total. The van der Waals surface area contributed by atoms with E-state index in [4.69, 9.17) is 5.11 Å². The van der Waals surface area contributed by atoms with Gasteiger partial charge in [-0.15, -0.1) is 0 Å². The monoisotopic (exact) mass is 415 g/mol. The van der Waals surface area contributed by atoms with Crippen molar-refractivity contribution in [2.24, 2.45) is 0 Å². The predicted molar refractivity (Wildman–Crippen MR) is 122 cm³/mol. The first-order valence-corrected chi connectivity index (χ1v) is 13.0. The standard InChI is InChI=1S/C23H45NO3S/c1-3-4-5-6-7-8-9-10-11-12-13-14-15-16-17-18-22(25)24-21(23(26)27)19-20-28-2/h21H,3-20H2,1-2H3,(H,24,25)(H,26,27). The number of carboxylic acid groups (broad SMARTS) is 1. The lowest BCUT2D eigenvalue weighted by Gasteiger charge is -2.13. The van der Waals surface area contributed by atoms with Gasteiger partial charge < -0.3 is 10.4 Å². The van der Waals surface area contributed by atoms with E-state index >= 15 is 0 Å². The second-order valence-corrected chi connectivity index (χ2v) is 8.93. The Morgan fingerprint density at radius 1 is 0.786 bits per heavy atom. The van der Waals surface area contributed by atoms with E-state index in [1.807, 2.05) is 6.26 Å². The Hall–Kier alpha value is -0.710. The highest BCUT2D eigenvalue weighted by Gasteiger charge is 2.18. The molecule has 0 heterocycles. The number of carboxylic acids is 1. The van der Waals surface area contributed by atoms with Crippen LogP contribution in [0.1, 0.15) is 116 Å². The fourth-order valence-electron chi connectivity index (χ4n) is 3.42. The molecule has 166 valence electrons. The number of unbranched alkanes of at least 4 members (excludes halogenated alkanes) is 14. The highest BCUT2D eigenvalue weighted by Crippen LogP contribution is 2.13. The summed E-state index contributed by atoms with van der Waals surface area (Å²) >= 11 is 1.60. The summed E-state index contributed by atoms with van der Waals surface area (Å²) in [5, 5.41) is 11.8. The van der Waals surface area contributed by atoms with E-state index in [0.29, 0.717) is 12.8 Å². The number of hydrogen-bond acceptors (Lipinski definition) is 3. The summed E-state index contributed by atoms with van der Waals surface area (Å²) in [6.45, 7) is 2.27. The molecular formula is C23H45NO3S. The Balaban J connectivity index is 3.38. The highest BCUT2D eigenvalue weighted by molar-refractivity contribution is 7.98. The minimum atomic E-state index is -0.932. The first-order chi connectivity index (χ1) is 13.6. The van der Waals surface area contributed by atoms with Crippen molar-refractivity contribution in [2.45, 2.75) is 122 Å². The van der Waals surface area contributed by atoms with Crippen molar-refractivity contribution in [2.75, 3.05) is 12.0 Å². The number of hydrogen-bond donors (Lipinski definition) is 2. The maximum Gasteiger partial charge on any atom is 0.326 e. The van der Waals surface area contributed by atoms with Gasteiger partial charge in [0.1, 0.15) is 6.04 Å². The van der Waals surface area contributed by atoms with Crippen molar-refractivity contribution in [1.29, 1.82) is 0 Å². The van der Waals surface area contributed by atoms with Crippen molar-refractivity contribution < 1.29 is 14.7 Å². The van der Waals surface area contributed by atoms with Gasteiger partial charge in [-0.05, 0) is 24.9 Å². The van der Waals surface area contributed by atoms with Crippen LogP contribution in [-0.2, 0) is 9.59 Å². The molecule has 0 rings (SSSR count). The molecule has 1 unspecified atom stereocenters. The molecule has 0 aliphatic rings. The van der Waals surface area contributed by atoms with Crippen LogP contribution in [0.3, 0.4) is 0 Å². The second-order valence-electron chi connectivity index (χ2n) is 7.94. The van der Waals surface area contributed by atoms with Crippen molar-refractivity contribution in [1.82, 2.24) is 5.32 Å².